The van der Waals surface area contributed by atoms with E-state index in [1.165, 1.54) is 0 Å². The van der Waals surface area contributed by atoms with Crippen LogP contribution in [0.4, 0.5) is 0 Å². The summed E-state index contributed by atoms with van der Waals surface area (Å²) in [7, 11) is 1.81. The predicted molar refractivity (Wildman–Crippen MR) is 65.6 cm³/mol. The van der Waals surface area contributed by atoms with Gasteiger partial charge < -0.3 is 5.32 Å². The molecule has 1 saturated carbocycles. The van der Waals surface area contributed by atoms with E-state index in [0.717, 1.165) is 25.7 Å². The molecule has 0 radical (unpaired) electrons. The van der Waals surface area contributed by atoms with Crippen molar-refractivity contribution in [3.05, 3.63) is 18.0 Å². The fraction of sp³-hybridized carbons (Fsp3) is 0.636. The molecule has 16 heavy (non-hydrogen) atoms. The van der Waals surface area contributed by atoms with Crippen molar-refractivity contribution >= 4 is 21.8 Å². The Kier molecular flexibility index (Phi) is 3.63. The third kappa shape index (κ3) is 2.84. The summed E-state index contributed by atoms with van der Waals surface area (Å²) in [5.74, 6) is -0.00822. The smallest absolute Gasteiger partial charge is 0.254 e. The number of hydrogen-bond acceptors (Lipinski definition) is 2. The number of hydrogen-bond donors (Lipinski definition) is 1. The number of nitrogens with one attached hydrogen (secondary N) is 1. The molecule has 1 fully saturated rings. The molecule has 1 aliphatic rings. The maximum absolute atomic E-state index is 11.8. The molecule has 0 unspecified atom stereocenters. The Bertz CT molecular complexity index is 369. The second-order valence-electron chi connectivity index (χ2n) is 4.33. The van der Waals surface area contributed by atoms with E-state index in [4.69, 9.17) is 0 Å². The molecule has 1 amide bonds. The number of alkyl halides is 1. The summed E-state index contributed by atoms with van der Waals surface area (Å²) in [6.45, 7) is 0. The van der Waals surface area contributed by atoms with Crippen LogP contribution in [0.25, 0.3) is 0 Å². The van der Waals surface area contributed by atoms with Gasteiger partial charge in [0, 0.05) is 24.1 Å². The molecule has 88 valence electrons. The summed E-state index contributed by atoms with van der Waals surface area (Å²) in [6, 6.07) is 0.321. The summed E-state index contributed by atoms with van der Waals surface area (Å²) < 4.78 is 1.64. The molecular formula is C11H16BrN3O. The molecule has 0 atom stereocenters. The van der Waals surface area contributed by atoms with Crippen LogP contribution in [0.5, 0.6) is 0 Å². The van der Waals surface area contributed by atoms with Crippen LogP contribution in [-0.2, 0) is 7.05 Å². The van der Waals surface area contributed by atoms with Crippen LogP contribution < -0.4 is 5.32 Å². The van der Waals surface area contributed by atoms with E-state index in [0.29, 0.717) is 16.4 Å². The van der Waals surface area contributed by atoms with E-state index in [1.807, 2.05) is 7.05 Å². The molecule has 0 spiro atoms. The third-order valence-corrected chi connectivity index (χ3v) is 3.87. The van der Waals surface area contributed by atoms with Crippen molar-refractivity contribution in [3.8, 4) is 0 Å². The molecule has 0 aromatic carbocycles. The Labute approximate surface area is 104 Å². The Morgan fingerprint density at radius 3 is 2.75 bits per heavy atom. The average molecular weight is 286 g/mol. The number of nitrogens with zero attached hydrogens (tertiary/aromatic N) is 2. The number of aromatic nitrogens is 2. The van der Waals surface area contributed by atoms with Gasteiger partial charge in [-0.3, -0.25) is 9.48 Å². The highest BCUT2D eigenvalue weighted by Gasteiger charge is 2.21. The summed E-state index contributed by atoms with van der Waals surface area (Å²) >= 11 is 3.60. The largest absolute Gasteiger partial charge is 0.349 e. The topological polar surface area (TPSA) is 46.9 Å². The van der Waals surface area contributed by atoms with Crippen LogP contribution >= 0.6 is 15.9 Å². The molecule has 0 saturated heterocycles. The van der Waals surface area contributed by atoms with Crippen LogP contribution in [0.2, 0.25) is 0 Å². The summed E-state index contributed by atoms with van der Waals surface area (Å²) in [5, 5.41) is 7.05. The average Bonchev–Trinajstić information content (AvgIpc) is 2.68. The highest BCUT2D eigenvalue weighted by molar-refractivity contribution is 9.09. The van der Waals surface area contributed by atoms with Crippen molar-refractivity contribution in [3.63, 3.8) is 0 Å². The van der Waals surface area contributed by atoms with Gasteiger partial charge in [-0.1, -0.05) is 15.9 Å². The lowest BCUT2D eigenvalue weighted by Crippen LogP contribution is -2.37. The first-order valence-electron chi connectivity index (χ1n) is 5.58. The van der Waals surface area contributed by atoms with Crippen LogP contribution in [0.3, 0.4) is 0 Å². The molecule has 0 aliphatic heterocycles. The Morgan fingerprint density at radius 2 is 2.19 bits per heavy atom. The van der Waals surface area contributed by atoms with Crippen LogP contribution in [0, 0.1) is 0 Å². The Balaban J connectivity index is 1.88. The number of halogens is 1. The second-order valence-corrected chi connectivity index (χ2v) is 5.62. The maximum Gasteiger partial charge on any atom is 0.254 e. The van der Waals surface area contributed by atoms with Crippen molar-refractivity contribution in [1.29, 1.82) is 0 Å². The number of aryl methyl sites for hydroxylation is 1. The lowest BCUT2D eigenvalue weighted by molar-refractivity contribution is 0.0928. The number of carbonyl (C=O) groups is 1. The van der Waals surface area contributed by atoms with Gasteiger partial charge in [0.2, 0.25) is 0 Å². The summed E-state index contributed by atoms with van der Waals surface area (Å²) in [5.41, 5.74) is 0.642. The minimum Gasteiger partial charge on any atom is -0.349 e. The third-order valence-electron chi connectivity index (χ3n) is 2.96. The first-order valence-corrected chi connectivity index (χ1v) is 6.50. The molecule has 1 aromatic rings. The lowest BCUT2D eigenvalue weighted by atomic mass is 9.95. The minimum absolute atomic E-state index is 0.00822. The molecule has 1 aromatic heterocycles. The van der Waals surface area contributed by atoms with E-state index < -0.39 is 0 Å². The molecule has 1 aliphatic carbocycles. The van der Waals surface area contributed by atoms with Crippen molar-refractivity contribution in [2.75, 3.05) is 0 Å². The zero-order chi connectivity index (χ0) is 11.5. The zero-order valence-electron chi connectivity index (χ0n) is 9.32. The molecule has 2 rings (SSSR count). The van der Waals surface area contributed by atoms with E-state index in [1.54, 1.807) is 17.1 Å². The van der Waals surface area contributed by atoms with Gasteiger partial charge in [-0.15, -0.1) is 0 Å². The van der Waals surface area contributed by atoms with Gasteiger partial charge in [-0.05, 0) is 25.7 Å². The molecule has 4 nitrogen and oxygen atoms in total. The highest BCUT2D eigenvalue weighted by atomic mass is 79.9. The van der Waals surface area contributed by atoms with Gasteiger partial charge in [0.05, 0.1) is 11.8 Å². The van der Waals surface area contributed by atoms with Crippen molar-refractivity contribution < 1.29 is 4.79 Å². The van der Waals surface area contributed by atoms with Crippen molar-refractivity contribution in [1.82, 2.24) is 15.1 Å². The number of carbonyl (C=O) groups excluding carboxylic acids is 1. The van der Waals surface area contributed by atoms with Gasteiger partial charge in [0.15, 0.2) is 0 Å². The fourth-order valence-electron chi connectivity index (χ4n) is 2.00. The normalized spacial score (nSPS) is 25.4. The maximum atomic E-state index is 11.8. The zero-order valence-corrected chi connectivity index (χ0v) is 10.9. The molecule has 0 bridgehead atoms. The van der Waals surface area contributed by atoms with Gasteiger partial charge in [0.1, 0.15) is 0 Å². The SMILES string of the molecule is Cn1cc(C(=O)NC2CCC(Br)CC2)cn1. The van der Waals surface area contributed by atoms with Crippen LogP contribution in [0.15, 0.2) is 12.4 Å². The molecule has 1 heterocycles. The van der Waals surface area contributed by atoms with Crippen LogP contribution in [-0.4, -0.2) is 26.6 Å². The number of rotatable bonds is 2. The van der Waals surface area contributed by atoms with Gasteiger partial charge >= 0.3 is 0 Å². The fourth-order valence-corrected chi connectivity index (χ4v) is 2.53. The molecule has 5 heteroatoms. The Hall–Kier alpha value is -0.840. The minimum atomic E-state index is -0.00822. The predicted octanol–water partition coefficient (Wildman–Crippen LogP) is 1.86. The first-order chi connectivity index (χ1) is 7.65. The first kappa shape index (κ1) is 11.6. The number of amides is 1. The van der Waals surface area contributed by atoms with Crippen molar-refractivity contribution in [2.45, 2.75) is 36.6 Å². The second kappa shape index (κ2) is 4.99. The van der Waals surface area contributed by atoms with E-state index in [-0.39, 0.29) is 5.91 Å². The summed E-state index contributed by atoms with van der Waals surface area (Å²) in [4.78, 5) is 12.5. The van der Waals surface area contributed by atoms with Gasteiger partial charge in [-0.25, -0.2) is 0 Å². The quantitative estimate of drug-likeness (QED) is 0.843. The summed E-state index contributed by atoms with van der Waals surface area (Å²) in [6.07, 6.45) is 7.73. The Morgan fingerprint density at radius 1 is 1.50 bits per heavy atom. The monoisotopic (exact) mass is 285 g/mol. The molecule has 1 N–H and O–H groups in total. The highest BCUT2D eigenvalue weighted by Crippen LogP contribution is 2.24. The van der Waals surface area contributed by atoms with Gasteiger partial charge in [-0.2, -0.15) is 5.10 Å². The lowest BCUT2D eigenvalue weighted by Gasteiger charge is -2.25. The van der Waals surface area contributed by atoms with Crippen LogP contribution in [0.1, 0.15) is 36.0 Å². The van der Waals surface area contributed by atoms with E-state index >= 15 is 0 Å². The van der Waals surface area contributed by atoms with E-state index in [2.05, 4.69) is 26.3 Å². The van der Waals surface area contributed by atoms with E-state index in [9.17, 15) is 4.79 Å². The van der Waals surface area contributed by atoms with Gasteiger partial charge in [0.25, 0.3) is 5.91 Å². The molecular weight excluding hydrogens is 270 g/mol. The van der Waals surface area contributed by atoms with Crippen molar-refractivity contribution in [2.24, 2.45) is 7.05 Å². The standard InChI is InChI=1S/C11H16BrN3O/c1-15-7-8(6-13-15)11(16)14-10-4-2-9(12)3-5-10/h6-7,9-10H,2-5H2,1H3,(H,14,16).